The molecule has 0 aliphatic carbocycles. The van der Waals surface area contributed by atoms with Gasteiger partial charge in [0, 0.05) is 85.6 Å². The molecule has 138 valence electrons. The summed E-state index contributed by atoms with van der Waals surface area (Å²) < 4.78 is 0. The summed E-state index contributed by atoms with van der Waals surface area (Å²) in [7, 11) is 3.90. The van der Waals surface area contributed by atoms with Crippen LogP contribution < -0.4 is 15.1 Å². The lowest BCUT2D eigenvalue weighted by atomic mass is 10.2. The third-order valence-electron chi connectivity index (χ3n) is 4.84. The minimum Gasteiger partial charge on any atom is -0.354 e. The predicted octanol–water partition coefficient (Wildman–Crippen LogP) is -0.513. The van der Waals surface area contributed by atoms with Gasteiger partial charge in [-0.3, -0.25) is 9.69 Å². The lowest BCUT2D eigenvalue weighted by molar-refractivity contribution is -0.132. The average Bonchev–Trinajstić information content (AvgIpc) is 2.67. The third-order valence-corrected chi connectivity index (χ3v) is 4.84. The SMILES string of the molecule is CN(C)c1nccc(N2CCN(CCC(=O)N3CCNCC3)CC2)n1. The quantitative estimate of drug-likeness (QED) is 0.769. The van der Waals surface area contributed by atoms with Crippen LogP contribution in [0.3, 0.4) is 0 Å². The van der Waals surface area contributed by atoms with E-state index < -0.39 is 0 Å². The molecule has 2 aliphatic heterocycles. The molecule has 25 heavy (non-hydrogen) atoms. The highest BCUT2D eigenvalue weighted by Crippen LogP contribution is 2.16. The number of carbonyl (C=O) groups excluding carboxylic acids is 1. The summed E-state index contributed by atoms with van der Waals surface area (Å²) >= 11 is 0. The fraction of sp³-hybridized carbons (Fsp3) is 0.706. The lowest BCUT2D eigenvalue weighted by Gasteiger charge is -2.36. The number of carbonyl (C=O) groups is 1. The fourth-order valence-electron chi connectivity index (χ4n) is 3.26. The van der Waals surface area contributed by atoms with Gasteiger partial charge in [-0.15, -0.1) is 0 Å². The Balaban J connectivity index is 1.44. The highest BCUT2D eigenvalue weighted by molar-refractivity contribution is 5.76. The van der Waals surface area contributed by atoms with Gasteiger partial charge in [-0.25, -0.2) is 4.98 Å². The van der Waals surface area contributed by atoms with Crippen LogP contribution in [0, 0.1) is 0 Å². The molecule has 0 aromatic carbocycles. The maximum absolute atomic E-state index is 12.3. The van der Waals surface area contributed by atoms with E-state index in [0.717, 1.165) is 70.7 Å². The number of nitrogens with zero attached hydrogens (tertiary/aromatic N) is 6. The number of amides is 1. The highest BCUT2D eigenvalue weighted by Gasteiger charge is 2.21. The van der Waals surface area contributed by atoms with Crippen LogP contribution in [0.4, 0.5) is 11.8 Å². The van der Waals surface area contributed by atoms with Gasteiger partial charge in [-0.2, -0.15) is 4.98 Å². The van der Waals surface area contributed by atoms with Crippen LogP contribution in [0.1, 0.15) is 6.42 Å². The lowest BCUT2D eigenvalue weighted by Crippen LogP contribution is -2.49. The maximum Gasteiger partial charge on any atom is 0.226 e. The monoisotopic (exact) mass is 347 g/mol. The van der Waals surface area contributed by atoms with Crippen molar-refractivity contribution in [1.82, 2.24) is 25.1 Å². The summed E-state index contributed by atoms with van der Waals surface area (Å²) in [5, 5.41) is 3.28. The first-order chi connectivity index (χ1) is 12.1. The maximum atomic E-state index is 12.3. The average molecular weight is 347 g/mol. The normalized spacial score (nSPS) is 19.1. The zero-order valence-electron chi connectivity index (χ0n) is 15.3. The van der Waals surface area contributed by atoms with Gasteiger partial charge >= 0.3 is 0 Å². The molecule has 1 aromatic heterocycles. The van der Waals surface area contributed by atoms with E-state index in [1.165, 1.54) is 0 Å². The van der Waals surface area contributed by atoms with Crippen molar-refractivity contribution in [2.75, 3.05) is 82.8 Å². The second-order valence-electron chi connectivity index (χ2n) is 6.82. The first-order valence-electron chi connectivity index (χ1n) is 9.09. The molecular weight excluding hydrogens is 318 g/mol. The molecule has 0 atom stereocenters. The standard InChI is InChI=1S/C17H29N7O/c1-21(2)17-19-5-3-15(20-17)23-13-11-22(12-14-23)8-4-16(25)24-9-6-18-7-10-24/h3,5,18H,4,6-14H2,1-2H3. The van der Waals surface area contributed by atoms with Gasteiger partial charge in [0.1, 0.15) is 5.82 Å². The van der Waals surface area contributed by atoms with Gasteiger partial charge in [0.25, 0.3) is 0 Å². The van der Waals surface area contributed by atoms with Crippen LogP contribution >= 0.6 is 0 Å². The van der Waals surface area contributed by atoms with Gasteiger partial charge < -0.3 is 20.0 Å². The van der Waals surface area contributed by atoms with Gasteiger partial charge in [0.05, 0.1) is 0 Å². The molecular formula is C17H29N7O. The Labute approximate surface area is 149 Å². The highest BCUT2D eigenvalue weighted by atomic mass is 16.2. The molecule has 0 unspecified atom stereocenters. The minimum absolute atomic E-state index is 0.287. The van der Waals surface area contributed by atoms with Crippen LogP contribution in [0.15, 0.2) is 12.3 Å². The fourth-order valence-corrected chi connectivity index (χ4v) is 3.26. The van der Waals surface area contributed by atoms with Crippen molar-refractivity contribution in [2.24, 2.45) is 0 Å². The number of rotatable bonds is 5. The van der Waals surface area contributed by atoms with Crippen molar-refractivity contribution in [3.8, 4) is 0 Å². The van der Waals surface area contributed by atoms with Crippen LogP contribution in [-0.4, -0.2) is 98.7 Å². The molecule has 0 bridgehead atoms. The molecule has 0 radical (unpaired) electrons. The number of hydrogen-bond acceptors (Lipinski definition) is 7. The summed E-state index contributed by atoms with van der Waals surface area (Å²) in [6.07, 6.45) is 2.44. The summed E-state index contributed by atoms with van der Waals surface area (Å²) in [6, 6.07) is 1.97. The second kappa shape index (κ2) is 8.44. The van der Waals surface area contributed by atoms with Crippen molar-refractivity contribution in [3.63, 3.8) is 0 Å². The van der Waals surface area contributed by atoms with E-state index in [9.17, 15) is 4.79 Å². The molecule has 2 fully saturated rings. The Hall–Kier alpha value is -1.93. The van der Waals surface area contributed by atoms with E-state index in [4.69, 9.17) is 0 Å². The zero-order valence-corrected chi connectivity index (χ0v) is 15.3. The van der Waals surface area contributed by atoms with Crippen LogP contribution in [-0.2, 0) is 4.79 Å². The van der Waals surface area contributed by atoms with Crippen LogP contribution in [0.2, 0.25) is 0 Å². The smallest absolute Gasteiger partial charge is 0.226 e. The van der Waals surface area contributed by atoms with Gasteiger partial charge in [0.2, 0.25) is 11.9 Å². The van der Waals surface area contributed by atoms with Crippen molar-refractivity contribution in [2.45, 2.75) is 6.42 Å². The van der Waals surface area contributed by atoms with Crippen molar-refractivity contribution < 1.29 is 4.79 Å². The molecule has 8 heteroatoms. The number of nitrogens with one attached hydrogen (secondary N) is 1. The van der Waals surface area contributed by atoms with E-state index in [-0.39, 0.29) is 5.91 Å². The van der Waals surface area contributed by atoms with E-state index in [2.05, 4.69) is 25.1 Å². The molecule has 0 spiro atoms. The summed E-state index contributed by atoms with van der Waals surface area (Å²) in [5.74, 6) is 2.01. The Morgan fingerprint density at radius 2 is 1.88 bits per heavy atom. The molecule has 3 heterocycles. The third kappa shape index (κ3) is 4.79. The minimum atomic E-state index is 0.287. The molecule has 3 rings (SSSR count). The first-order valence-corrected chi connectivity index (χ1v) is 9.09. The second-order valence-corrected chi connectivity index (χ2v) is 6.82. The molecule has 0 saturated carbocycles. The topological polar surface area (TPSA) is 67.8 Å². The Bertz CT molecular complexity index is 566. The van der Waals surface area contributed by atoms with E-state index >= 15 is 0 Å². The van der Waals surface area contributed by atoms with Crippen molar-refractivity contribution in [3.05, 3.63) is 12.3 Å². The molecule has 8 nitrogen and oxygen atoms in total. The number of anilines is 2. The predicted molar refractivity (Wildman–Crippen MR) is 99.1 cm³/mol. The Kier molecular flexibility index (Phi) is 6.04. The zero-order chi connectivity index (χ0) is 17.6. The number of aromatic nitrogens is 2. The van der Waals surface area contributed by atoms with Gasteiger partial charge in [-0.1, -0.05) is 0 Å². The number of piperazine rings is 2. The molecule has 1 aromatic rings. The van der Waals surface area contributed by atoms with Crippen LogP contribution in [0.25, 0.3) is 0 Å². The molecule has 1 N–H and O–H groups in total. The van der Waals surface area contributed by atoms with Crippen molar-refractivity contribution >= 4 is 17.7 Å². The van der Waals surface area contributed by atoms with E-state index in [1.807, 2.05) is 36.2 Å². The summed E-state index contributed by atoms with van der Waals surface area (Å²) in [5.41, 5.74) is 0. The van der Waals surface area contributed by atoms with Crippen molar-refractivity contribution in [1.29, 1.82) is 0 Å². The molecule has 2 saturated heterocycles. The van der Waals surface area contributed by atoms with Gasteiger partial charge in [-0.05, 0) is 6.07 Å². The Morgan fingerprint density at radius 3 is 2.56 bits per heavy atom. The van der Waals surface area contributed by atoms with Crippen LogP contribution in [0.5, 0.6) is 0 Å². The molecule has 1 amide bonds. The number of hydrogen-bond donors (Lipinski definition) is 1. The van der Waals surface area contributed by atoms with E-state index in [1.54, 1.807) is 0 Å². The first kappa shape index (κ1) is 17.9. The summed E-state index contributed by atoms with van der Waals surface area (Å²) in [6.45, 7) is 8.17. The van der Waals surface area contributed by atoms with Gasteiger partial charge in [0.15, 0.2) is 0 Å². The van der Waals surface area contributed by atoms with E-state index in [0.29, 0.717) is 6.42 Å². The Morgan fingerprint density at radius 1 is 1.16 bits per heavy atom. The summed E-state index contributed by atoms with van der Waals surface area (Å²) in [4.78, 5) is 29.7. The largest absolute Gasteiger partial charge is 0.354 e. The molecule has 2 aliphatic rings.